The van der Waals surface area contributed by atoms with E-state index < -0.39 is 6.04 Å². The molecule has 2 nitrogen and oxygen atoms in total. The normalized spacial score (nSPS) is 12.8. The first-order chi connectivity index (χ1) is 9.97. The topological polar surface area (TPSA) is 39.2 Å². The van der Waals surface area contributed by atoms with Crippen molar-refractivity contribution in [2.24, 2.45) is 5.73 Å². The van der Waals surface area contributed by atoms with Gasteiger partial charge in [0.05, 0.1) is 6.04 Å². The first-order valence-electron chi connectivity index (χ1n) is 6.67. The molecule has 0 aliphatic heterocycles. The summed E-state index contributed by atoms with van der Waals surface area (Å²) in [6.07, 6.45) is 0. The summed E-state index contributed by atoms with van der Waals surface area (Å²) in [5, 5.41) is 0.814. The summed E-state index contributed by atoms with van der Waals surface area (Å²) in [5.74, 6) is -0.139. The van der Waals surface area contributed by atoms with Crippen LogP contribution in [-0.4, -0.2) is 0 Å². The Bertz CT molecular complexity index is 823. The molecule has 0 saturated heterocycles. The Morgan fingerprint density at radius 3 is 2.52 bits per heavy atom. The predicted molar refractivity (Wildman–Crippen MR) is 78.1 cm³/mol. The summed E-state index contributed by atoms with van der Waals surface area (Å²) in [7, 11) is 0. The van der Waals surface area contributed by atoms with E-state index in [1.54, 1.807) is 25.1 Å². The van der Waals surface area contributed by atoms with Crippen molar-refractivity contribution < 1.29 is 13.2 Å². The second-order valence-corrected chi connectivity index (χ2v) is 5.22. The average Bonchev–Trinajstić information content (AvgIpc) is 2.77. The van der Waals surface area contributed by atoms with Crippen LogP contribution in [0.1, 0.15) is 28.5 Å². The second-order valence-electron chi connectivity index (χ2n) is 5.22. The summed E-state index contributed by atoms with van der Waals surface area (Å²) < 4.78 is 32.6. The van der Waals surface area contributed by atoms with Crippen molar-refractivity contribution >= 4 is 11.0 Å². The maximum absolute atomic E-state index is 13.7. The molecule has 1 atom stereocenters. The average molecular weight is 287 g/mol. The molecule has 0 spiro atoms. The van der Waals surface area contributed by atoms with Crippen molar-refractivity contribution in [1.29, 1.82) is 0 Å². The minimum Gasteiger partial charge on any atom is -0.459 e. The lowest BCUT2D eigenvalue weighted by Gasteiger charge is -2.11. The van der Waals surface area contributed by atoms with E-state index >= 15 is 0 Å². The van der Waals surface area contributed by atoms with Crippen LogP contribution in [0.4, 0.5) is 8.78 Å². The largest absolute Gasteiger partial charge is 0.459 e. The van der Waals surface area contributed by atoms with Crippen LogP contribution in [0, 0.1) is 25.5 Å². The number of benzene rings is 2. The molecule has 0 aliphatic rings. The van der Waals surface area contributed by atoms with E-state index in [1.807, 2.05) is 6.92 Å². The lowest BCUT2D eigenvalue weighted by atomic mass is 10.0. The molecular weight excluding hydrogens is 272 g/mol. The van der Waals surface area contributed by atoms with Crippen LogP contribution < -0.4 is 5.73 Å². The van der Waals surface area contributed by atoms with E-state index in [-0.39, 0.29) is 11.6 Å². The van der Waals surface area contributed by atoms with Crippen molar-refractivity contribution in [3.05, 3.63) is 70.5 Å². The van der Waals surface area contributed by atoms with Gasteiger partial charge in [-0.2, -0.15) is 0 Å². The number of halogens is 2. The summed E-state index contributed by atoms with van der Waals surface area (Å²) in [6, 6.07) is 8.65. The molecule has 1 unspecified atom stereocenters. The van der Waals surface area contributed by atoms with Crippen LogP contribution in [-0.2, 0) is 0 Å². The molecule has 21 heavy (non-hydrogen) atoms. The Labute approximate surface area is 121 Å². The molecule has 0 radical (unpaired) electrons. The predicted octanol–water partition coefficient (Wildman–Crippen LogP) is 4.38. The van der Waals surface area contributed by atoms with E-state index in [0.29, 0.717) is 22.5 Å². The zero-order valence-electron chi connectivity index (χ0n) is 11.8. The van der Waals surface area contributed by atoms with Gasteiger partial charge in [0.15, 0.2) is 0 Å². The van der Waals surface area contributed by atoms with E-state index in [0.717, 1.165) is 10.9 Å². The third kappa shape index (κ3) is 2.32. The fourth-order valence-corrected chi connectivity index (χ4v) is 2.47. The summed E-state index contributed by atoms with van der Waals surface area (Å²) >= 11 is 0. The number of rotatable bonds is 2. The smallest absolute Gasteiger partial charge is 0.137 e. The second kappa shape index (κ2) is 4.97. The standard InChI is InChI=1S/C17H15F2NO/c1-9-3-4-11(7-14(9)19)16(20)17-10(2)13-6-5-12(18)8-15(13)21-17/h3-8,16H,20H2,1-2H3. The zero-order chi connectivity index (χ0) is 15.1. The van der Waals surface area contributed by atoms with E-state index in [9.17, 15) is 8.78 Å². The van der Waals surface area contributed by atoms with E-state index in [4.69, 9.17) is 10.2 Å². The van der Waals surface area contributed by atoms with Gasteiger partial charge in [0, 0.05) is 17.0 Å². The third-order valence-electron chi connectivity index (χ3n) is 3.77. The fraction of sp³-hybridized carbons (Fsp3) is 0.176. The first-order valence-corrected chi connectivity index (χ1v) is 6.67. The van der Waals surface area contributed by atoms with Crippen molar-refractivity contribution in [3.8, 4) is 0 Å². The van der Waals surface area contributed by atoms with E-state index in [2.05, 4.69) is 0 Å². The Hall–Kier alpha value is -2.20. The molecule has 2 aromatic carbocycles. The number of furan rings is 1. The van der Waals surface area contributed by atoms with Crippen molar-refractivity contribution in [1.82, 2.24) is 0 Å². The van der Waals surface area contributed by atoms with Gasteiger partial charge in [-0.1, -0.05) is 12.1 Å². The van der Waals surface area contributed by atoms with Crippen molar-refractivity contribution in [2.45, 2.75) is 19.9 Å². The molecule has 4 heteroatoms. The highest BCUT2D eigenvalue weighted by Crippen LogP contribution is 2.32. The number of hydrogen-bond acceptors (Lipinski definition) is 2. The Morgan fingerprint density at radius 1 is 1.05 bits per heavy atom. The van der Waals surface area contributed by atoms with Gasteiger partial charge in [0.2, 0.25) is 0 Å². The lowest BCUT2D eigenvalue weighted by molar-refractivity contribution is 0.516. The molecule has 0 fully saturated rings. The third-order valence-corrected chi connectivity index (χ3v) is 3.77. The quantitative estimate of drug-likeness (QED) is 0.760. The maximum atomic E-state index is 13.7. The molecule has 1 aromatic heterocycles. The van der Waals surface area contributed by atoms with Gasteiger partial charge in [0.25, 0.3) is 0 Å². The molecule has 3 aromatic rings. The number of fused-ring (bicyclic) bond motifs is 1. The minimum absolute atomic E-state index is 0.303. The van der Waals surface area contributed by atoms with Gasteiger partial charge in [-0.15, -0.1) is 0 Å². The van der Waals surface area contributed by atoms with Gasteiger partial charge < -0.3 is 10.2 Å². The highest BCUT2D eigenvalue weighted by Gasteiger charge is 2.19. The molecule has 1 heterocycles. The number of hydrogen-bond donors (Lipinski definition) is 1. The highest BCUT2D eigenvalue weighted by atomic mass is 19.1. The van der Waals surface area contributed by atoms with Crippen LogP contribution >= 0.6 is 0 Å². The SMILES string of the molecule is Cc1ccc(C(N)c2oc3cc(F)ccc3c2C)cc1F. The molecule has 0 saturated carbocycles. The molecule has 2 N–H and O–H groups in total. The van der Waals surface area contributed by atoms with Crippen LogP contribution in [0.15, 0.2) is 40.8 Å². The zero-order valence-corrected chi connectivity index (χ0v) is 11.8. The Morgan fingerprint density at radius 2 is 1.81 bits per heavy atom. The Kier molecular flexibility index (Phi) is 3.26. The van der Waals surface area contributed by atoms with Crippen molar-refractivity contribution in [2.75, 3.05) is 0 Å². The van der Waals surface area contributed by atoms with Gasteiger partial charge in [-0.3, -0.25) is 0 Å². The Balaban J connectivity index is 2.10. The van der Waals surface area contributed by atoms with Gasteiger partial charge >= 0.3 is 0 Å². The number of nitrogens with two attached hydrogens (primary N) is 1. The monoisotopic (exact) mass is 287 g/mol. The van der Waals surface area contributed by atoms with Crippen LogP contribution in [0.5, 0.6) is 0 Å². The summed E-state index contributed by atoms with van der Waals surface area (Å²) in [6.45, 7) is 3.56. The highest BCUT2D eigenvalue weighted by molar-refractivity contribution is 5.82. The molecule has 0 aliphatic carbocycles. The molecule has 3 rings (SSSR count). The van der Waals surface area contributed by atoms with Crippen LogP contribution in [0.3, 0.4) is 0 Å². The summed E-state index contributed by atoms with van der Waals surface area (Å²) in [5.41, 5.74) is 8.67. The van der Waals surface area contributed by atoms with Gasteiger partial charge in [-0.05, 0) is 43.2 Å². The van der Waals surface area contributed by atoms with Crippen LogP contribution in [0.2, 0.25) is 0 Å². The molecule has 0 bridgehead atoms. The number of aryl methyl sites for hydroxylation is 2. The lowest BCUT2D eigenvalue weighted by Crippen LogP contribution is -2.12. The van der Waals surface area contributed by atoms with Gasteiger partial charge in [0.1, 0.15) is 23.0 Å². The molecule has 108 valence electrons. The first kappa shape index (κ1) is 13.8. The van der Waals surface area contributed by atoms with E-state index in [1.165, 1.54) is 18.2 Å². The maximum Gasteiger partial charge on any atom is 0.137 e. The van der Waals surface area contributed by atoms with Crippen LogP contribution in [0.25, 0.3) is 11.0 Å². The fourth-order valence-electron chi connectivity index (χ4n) is 2.47. The minimum atomic E-state index is -0.587. The molecule has 0 amide bonds. The van der Waals surface area contributed by atoms with Gasteiger partial charge in [-0.25, -0.2) is 8.78 Å². The summed E-state index contributed by atoms with van der Waals surface area (Å²) in [4.78, 5) is 0. The molecular formula is C17H15F2NO. The van der Waals surface area contributed by atoms with Crippen molar-refractivity contribution in [3.63, 3.8) is 0 Å².